The number of aryl methyl sites for hydroxylation is 1. The number of rotatable bonds is 8. The summed E-state index contributed by atoms with van der Waals surface area (Å²) in [5, 5.41) is 7.47. The van der Waals surface area contributed by atoms with Gasteiger partial charge in [0.25, 0.3) is 0 Å². The average molecular weight is 594 g/mol. The molecule has 1 aliphatic rings. The van der Waals surface area contributed by atoms with Gasteiger partial charge in [-0.3, -0.25) is 0 Å². The van der Waals surface area contributed by atoms with Crippen LogP contribution in [-0.2, 0) is 23.0 Å². The Morgan fingerprint density at radius 3 is 2.56 bits per heavy atom. The van der Waals surface area contributed by atoms with E-state index < -0.39 is 15.8 Å². The molecular weight excluding hydrogens is 557 g/mol. The molecule has 1 aromatic carbocycles. The predicted octanol–water partition coefficient (Wildman–Crippen LogP) is 0.797. The van der Waals surface area contributed by atoms with E-state index in [1.54, 1.807) is 24.2 Å². The van der Waals surface area contributed by atoms with Crippen LogP contribution in [0.3, 0.4) is 0 Å². The number of carbonyl (C=O) groups excluding carboxylic acids is 2. The second kappa shape index (κ2) is 12.7. The molecule has 3 heterocycles. The van der Waals surface area contributed by atoms with Gasteiger partial charge in [0.2, 0.25) is 0 Å². The number of carbonyl (C=O) groups is 2. The molecule has 4 rings (SSSR count). The van der Waals surface area contributed by atoms with E-state index in [1.807, 2.05) is 36.4 Å². The van der Waals surface area contributed by atoms with E-state index in [1.165, 1.54) is 4.68 Å². The molecular formula is C29H36AsN5O4. The fraction of sp³-hybridized carbons (Fsp3) is 0.414. The van der Waals surface area contributed by atoms with Crippen molar-refractivity contribution in [1.82, 2.24) is 25.0 Å². The molecule has 2 amide bonds. The van der Waals surface area contributed by atoms with Gasteiger partial charge in [-0.05, 0) is 0 Å². The summed E-state index contributed by atoms with van der Waals surface area (Å²) >= 11 is -1.06. The van der Waals surface area contributed by atoms with Gasteiger partial charge in [0, 0.05) is 0 Å². The molecule has 0 spiro atoms. The molecule has 1 atom stereocenters. The van der Waals surface area contributed by atoms with E-state index in [4.69, 9.17) is 4.74 Å². The molecule has 3 aromatic rings. The van der Waals surface area contributed by atoms with Crippen LogP contribution in [-0.4, -0.2) is 80.1 Å². The third-order valence-electron chi connectivity index (χ3n) is 6.42. The molecule has 1 N–H and O–H groups in total. The van der Waals surface area contributed by atoms with Crippen molar-refractivity contribution in [2.75, 3.05) is 32.8 Å². The third-order valence-corrected chi connectivity index (χ3v) is 8.89. The molecule has 0 bridgehead atoms. The number of nitrogens with zero attached hydrogens (tertiary/aromatic N) is 4. The van der Waals surface area contributed by atoms with Crippen LogP contribution in [0, 0.1) is 5.41 Å². The monoisotopic (exact) mass is 593 g/mol. The number of amides is 2. The van der Waals surface area contributed by atoms with E-state index in [0.717, 1.165) is 22.0 Å². The quantitative estimate of drug-likeness (QED) is 0.388. The Bertz CT molecular complexity index is 1380. The van der Waals surface area contributed by atoms with Crippen molar-refractivity contribution >= 4 is 36.4 Å². The van der Waals surface area contributed by atoms with Crippen molar-refractivity contribution < 1.29 is 14.3 Å². The number of hydrogen-bond donors (Lipinski definition) is 1. The molecule has 10 heteroatoms. The summed E-state index contributed by atoms with van der Waals surface area (Å²) in [6, 6.07) is 13.2. The van der Waals surface area contributed by atoms with Crippen molar-refractivity contribution in [3.63, 3.8) is 0 Å². The van der Waals surface area contributed by atoms with Crippen LogP contribution in [0.2, 0.25) is 0 Å². The van der Waals surface area contributed by atoms with Gasteiger partial charge in [-0.15, -0.1) is 0 Å². The van der Waals surface area contributed by atoms with E-state index >= 15 is 0 Å². The summed E-state index contributed by atoms with van der Waals surface area (Å²) in [7, 11) is 1.64. The zero-order valence-electron chi connectivity index (χ0n) is 23.0. The first-order valence-electron chi connectivity index (χ1n) is 13.1. The van der Waals surface area contributed by atoms with Crippen molar-refractivity contribution in [3.05, 3.63) is 70.1 Å². The molecule has 0 aliphatic carbocycles. The first kappa shape index (κ1) is 28.7. The summed E-state index contributed by atoms with van der Waals surface area (Å²) in [6.07, 6.45) is 2.79. The van der Waals surface area contributed by atoms with Crippen LogP contribution in [0.4, 0.5) is 0 Å². The average Bonchev–Trinajstić information content (AvgIpc) is 2.91. The van der Waals surface area contributed by atoms with Gasteiger partial charge in [0.05, 0.1) is 0 Å². The topological polar surface area (TPSA) is 106 Å². The van der Waals surface area contributed by atoms with E-state index in [2.05, 4.69) is 36.2 Å². The fourth-order valence-electron chi connectivity index (χ4n) is 4.19. The van der Waals surface area contributed by atoms with E-state index in [0.29, 0.717) is 48.5 Å². The summed E-state index contributed by atoms with van der Waals surface area (Å²) in [6.45, 7) is 9.35. The summed E-state index contributed by atoms with van der Waals surface area (Å²) in [4.78, 5) is 44.3. The standard InChI is InChI=1S/C29H36AsN5O4/c1-29(2,3)10-11-31-26(36)17-20-6-5-7-21(16-20)24-18-23(28(38)34(4)33-24)30-25-9-8-22(19-32-25)27(37)35-12-14-39-15-13-35/h5-9,16,18-19,30H,10-15,17H2,1-4H3,(H,31,36). The van der Waals surface area contributed by atoms with Gasteiger partial charge in [-0.1, -0.05) is 20.8 Å². The minimum absolute atomic E-state index is 0.0150. The van der Waals surface area contributed by atoms with E-state index in [-0.39, 0.29) is 29.2 Å². The Hall–Kier alpha value is -3.29. The minimum atomic E-state index is -1.06. The molecule has 1 unspecified atom stereocenters. The van der Waals surface area contributed by atoms with Crippen LogP contribution >= 0.6 is 0 Å². The summed E-state index contributed by atoms with van der Waals surface area (Å²) < 4.78 is 8.16. The van der Waals surface area contributed by atoms with Gasteiger partial charge in [-0.2, -0.15) is 0 Å². The van der Waals surface area contributed by atoms with Crippen LogP contribution < -0.4 is 19.7 Å². The van der Waals surface area contributed by atoms with E-state index in [9.17, 15) is 14.4 Å². The molecule has 206 valence electrons. The third kappa shape index (κ3) is 8.10. The Labute approximate surface area is 235 Å². The van der Waals surface area contributed by atoms with Crippen LogP contribution in [0.15, 0.2) is 53.5 Å². The number of ether oxygens (including phenoxy) is 1. The molecule has 1 fully saturated rings. The first-order valence-corrected chi connectivity index (χ1v) is 15.2. The number of hydrogen-bond acceptors (Lipinski definition) is 6. The molecule has 1 aliphatic heterocycles. The maximum absolute atomic E-state index is 12.9. The van der Waals surface area contributed by atoms with Gasteiger partial charge >= 0.3 is 215 Å². The van der Waals surface area contributed by atoms with Gasteiger partial charge in [0.1, 0.15) is 0 Å². The van der Waals surface area contributed by atoms with Gasteiger partial charge < -0.3 is 0 Å². The number of aromatic nitrogens is 3. The SMILES string of the molecule is Cn1nc(-c2cccc(CC(=O)NCCC(C)(C)C)c2)cc([AsH]c2ccc(C(=O)N3CCOCC3)cn2)c1=O. The first-order chi connectivity index (χ1) is 18.6. The Balaban J connectivity index is 1.46. The van der Waals surface area contributed by atoms with Gasteiger partial charge in [-0.25, -0.2) is 0 Å². The summed E-state index contributed by atoms with van der Waals surface area (Å²) in [5.41, 5.74) is 2.96. The molecule has 0 saturated carbocycles. The Kier molecular flexibility index (Phi) is 9.35. The Morgan fingerprint density at radius 1 is 1.10 bits per heavy atom. The van der Waals surface area contributed by atoms with Crippen molar-refractivity contribution in [3.8, 4) is 11.3 Å². The van der Waals surface area contributed by atoms with Crippen LogP contribution in [0.5, 0.6) is 0 Å². The predicted molar refractivity (Wildman–Crippen MR) is 153 cm³/mol. The Morgan fingerprint density at radius 2 is 1.87 bits per heavy atom. The second-order valence-electron chi connectivity index (χ2n) is 10.9. The van der Waals surface area contributed by atoms with Crippen LogP contribution in [0.25, 0.3) is 11.3 Å². The van der Waals surface area contributed by atoms with Crippen molar-refractivity contribution in [1.29, 1.82) is 0 Å². The number of nitrogens with one attached hydrogen (secondary N) is 1. The second-order valence-corrected chi connectivity index (χ2v) is 13.6. The number of morpholine rings is 1. The molecule has 0 radical (unpaired) electrons. The molecule has 2 aromatic heterocycles. The van der Waals surface area contributed by atoms with Crippen molar-refractivity contribution in [2.24, 2.45) is 12.5 Å². The number of benzene rings is 1. The molecule has 1 saturated heterocycles. The normalized spacial score (nSPS) is 14.1. The van der Waals surface area contributed by atoms with Crippen LogP contribution in [0.1, 0.15) is 43.1 Å². The maximum atomic E-state index is 12.9. The zero-order valence-corrected chi connectivity index (χ0v) is 25.1. The molecule has 39 heavy (non-hydrogen) atoms. The summed E-state index contributed by atoms with van der Waals surface area (Å²) in [5.74, 6) is -0.0685. The number of pyridine rings is 1. The van der Waals surface area contributed by atoms with Gasteiger partial charge in [0.15, 0.2) is 0 Å². The van der Waals surface area contributed by atoms with Crippen molar-refractivity contribution in [2.45, 2.75) is 33.6 Å². The zero-order chi connectivity index (χ0) is 28.0. The molecule has 9 nitrogen and oxygen atoms in total. The fourth-order valence-corrected chi connectivity index (χ4v) is 6.39.